The van der Waals surface area contributed by atoms with Crippen LogP contribution >= 0.6 is 12.6 Å². The van der Waals surface area contributed by atoms with E-state index in [2.05, 4.69) is 32.5 Å². The van der Waals surface area contributed by atoms with Crippen LogP contribution in [0.5, 0.6) is 11.5 Å². The molecule has 23 heavy (non-hydrogen) atoms. The maximum atomic E-state index is 11.3. The highest BCUT2D eigenvalue weighted by molar-refractivity contribution is 7.79. The lowest BCUT2D eigenvalue weighted by atomic mass is 10.1. The second-order valence-electron chi connectivity index (χ2n) is 5.64. The van der Waals surface area contributed by atoms with Crippen LogP contribution in [0.3, 0.4) is 0 Å². The van der Waals surface area contributed by atoms with E-state index in [9.17, 15) is 4.79 Å². The summed E-state index contributed by atoms with van der Waals surface area (Å²) in [5, 5.41) is 0. The van der Waals surface area contributed by atoms with Crippen molar-refractivity contribution in [2.75, 3.05) is 0 Å². The normalized spacial score (nSPS) is 10.5. The van der Waals surface area contributed by atoms with Crippen LogP contribution in [-0.4, -0.2) is 5.97 Å². The maximum Gasteiger partial charge on any atom is 0.308 e. The zero-order valence-corrected chi connectivity index (χ0v) is 14.9. The second-order valence-corrected chi connectivity index (χ2v) is 5.95. The van der Waals surface area contributed by atoms with Crippen molar-refractivity contribution in [3.8, 4) is 11.5 Å². The van der Waals surface area contributed by atoms with Crippen LogP contribution < -0.4 is 9.47 Å². The van der Waals surface area contributed by atoms with Gasteiger partial charge in [-0.25, -0.2) is 0 Å². The zero-order valence-electron chi connectivity index (χ0n) is 14.0. The summed E-state index contributed by atoms with van der Waals surface area (Å²) in [7, 11) is 0. The first-order valence-electron chi connectivity index (χ1n) is 7.53. The first kappa shape index (κ1) is 17.4. The number of ether oxygens (including phenoxy) is 2. The maximum absolute atomic E-state index is 11.3. The predicted molar refractivity (Wildman–Crippen MR) is 95.4 cm³/mol. The van der Waals surface area contributed by atoms with Crippen molar-refractivity contribution in [1.82, 2.24) is 0 Å². The average Bonchev–Trinajstić information content (AvgIpc) is 2.49. The molecule has 0 heterocycles. The van der Waals surface area contributed by atoms with Gasteiger partial charge in [-0.3, -0.25) is 4.79 Å². The number of carbonyl (C=O) groups excluding carboxylic acids is 1. The summed E-state index contributed by atoms with van der Waals surface area (Å²) >= 11 is 4.35. The second kappa shape index (κ2) is 7.55. The van der Waals surface area contributed by atoms with Crippen molar-refractivity contribution in [2.24, 2.45) is 0 Å². The lowest BCUT2D eigenvalue weighted by Gasteiger charge is -2.16. The van der Waals surface area contributed by atoms with Crippen LogP contribution in [0.2, 0.25) is 0 Å². The van der Waals surface area contributed by atoms with Crippen LogP contribution in [0.1, 0.15) is 34.7 Å². The molecule has 4 heteroatoms. The smallest absolute Gasteiger partial charge is 0.308 e. The topological polar surface area (TPSA) is 35.5 Å². The highest BCUT2D eigenvalue weighted by atomic mass is 32.1. The molecule has 0 spiro atoms. The summed E-state index contributed by atoms with van der Waals surface area (Å²) in [5.74, 6) is 1.59. The average molecular weight is 330 g/mol. The lowest BCUT2D eigenvalue weighted by Crippen LogP contribution is -2.08. The van der Waals surface area contributed by atoms with E-state index < -0.39 is 0 Å². The van der Waals surface area contributed by atoms with Crippen molar-refractivity contribution < 1.29 is 14.3 Å². The Balaban J connectivity index is 2.29. The zero-order chi connectivity index (χ0) is 17.0. The molecule has 0 aliphatic rings. The molecule has 0 fully saturated rings. The van der Waals surface area contributed by atoms with Crippen molar-refractivity contribution in [3.63, 3.8) is 0 Å². The summed E-state index contributed by atoms with van der Waals surface area (Å²) < 4.78 is 11.3. The van der Waals surface area contributed by atoms with Crippen molar-refractivity contribution in [3.05, 3.63) is 58.1 Å². The third kappa shape index (κ3) is 4.29. The van der Waals surface area contributed by atoms with Crippen molar-refractivity contribution in [2.45, 2.75) is 40.1 Å². The minimum atomic E-state index is -0.343. The van der Waals surface area contributed by atoms with E-state index in [0.29, 0.717) is 18.1 Å². The van der Waals surface area contributed by atoms with Gasteiger partial charge in [0.1, 0.15) is 18.1 Å². The predicted octanol–water partition coefficient (Wildman–Crippen LogP) is 4.55. The van der Waals surface area contributed by atoms with E-state index in [1.807, 2.05) is 25.1 Å². The summed E-state index contributed by atoms with van der Waals surface area (Å²) in [6.07, 6.45) is 0. The van der Waals surface area contributed by atoms with Gasteiger partial charge in [0.25, 0.3) is 0 Å². The third-order valence-corrected chi connectivity index (χ3v) is 4.16. The Morgan fingerprint density at radius 1 is 1.04 bits per heavy atom. The third-order valence-electron chi connectivity index (χ3n) is 3.82. The van der Waals surface area contributed by atoms with Gasteiger partial charge in [0.05, 0.1) is 0 Å². The molecule has 0 saturated heterocycles. The molecule has 0 radical (unpaired) electrons. The van der Waals surface area contributed by atoms with Gasteiger partial charge in [-0.15, -0.1) is 0 Å². The van der Waals surface area contributed by atoms with Crippen molar-refractivity contribution >= 4 is 18.6 Å². The number of rotatable bonds is 5. The van der Waals surface area contributed by atoms with Gasteiger partial charge in [0.2, 0.25) is 0 Å². The molecule has 0 N–H and O–H groups in total. The SMILES string of the molecule is CC(=O)Oc1cccc(CS)c1COc1cc(C)c(C)cc1C. The minimum Gasteiger partial charge on any atom is -0.488 e. The van der Waals surface area contributed by atoms with Crippen molar-refractivity contribution in [1.29, 1.82) is 0 Å². The first-order valence-corrected chi connectivity index (χ1v) is 8.16. The van der Waals surface area contributed by atoms with Gasteiger partial charge in [0, 0.05) is 18.2 Å². The monoisotopic (exact) mass is 330 g/mol. The molecule has 0 saturated carbocycles. The van der Waals surface area contributed by atoms with Crippen LogP contribution in [-0.2, 0) is 17.2 Å². The highest BCUT2D eigenvalue weighted by Gasteiger charge is 2.12. The lowest BCUT2D eigenvalue weighted by molar-refractivity contribution is -0.131. The number of benzene rings is 2. The van der Waals surface area contributed by atoms with Gasteiger partial charge < -0.3 is 9.47 Å². The van der Waals surface area contributed by atoms with Crippen LogP contribution in [0.15, 0.2) is 30.3 Å². The number of carbonyl (C=O) groups is 1. The highest BCUT2D eigenvalue weighted by Crippen LogP contribution is 2.28. The fraction of sp³-hybridized carbons (Fsp3) is 0.316. The molecular weight excluding hydrogens is 308 g/mol. The molecule has 2 aromatic carbocycles. The van der Waals surface area contributed by atoms with Gasteiger partial charge in [-0.2, -0.15) is 12.6 Å². The van der Waals surface area contributed by atoms with Gasteiger partial charge >= 0.3 is 5.97 Å². The number of thiol groups is 1. The molecule has 0 aromatic heterocycles. The standard InChI is InChI=1S/C19H22O3S/c1-12-8-14(3)19(9-13(12)2)21-10-17-16(11-23)6-5-7-18(17)22-15(4)20/h5-9,23H,10-11H2,1-4H3. The van der Waals surface area contributed by atoms with E-state index in [-0.39, 0.29) is 5.97 Å². The van der Waals surface area contributed by atoms with E-state index in [0.717, 1.165) is 22.4 Å². The number of aryl methyl sites for hydroxylation is 3. The van der Waals surface area contributed by atoms with E-state index >= 15 is 0 Å². The van der Waals surface area contributed by atoms with Gasteiger partial charge in [-0.1, -0.05) is 18.2 Å². The molecule has 2 aromatic rings. The first-order chi connectivity index (χ1) is 10.9. The Hall–Kier alpha value is -1.94. The molecule has 0 atom stereocenters. The molecule has 122 valence electrons. The van der Waals surface area contributed by atoms with Gasteiger partial charge in [-0.05, 0) is 55.2 Å². The van der Waals surface area contributed by atoms with Crippen LogP contribution in [0.4, 0.5) is 0 Å². The summed E-state index contributed by atoms with van der Waals surface area (Å²) in [6, 6.07) is 9.75. The Labute approximate surface area is 143 Å². The quantitative estimate of drug-likeness (QED) is 0.496. The Morgan fingerprint density at radius 2 is 1.74 bits per heavy atom. The summed E-state index contributed by atoms with van der Waals surface area (Å²) in [5.41, 5.74) is 5.37. The molecule has 0 amide bonds. The summed E-state index contributed by atoms with van der Waals surface area (Å²) in [4.78, 5) is 11.3. The van der Waals surface area contributed by atoms with E-state index in [4.69, 9.17) is 9.47 Å². The molecule has 0 unspecified atom stereocenters. The molecule has 0 aliphatic carbocycles. The van der Waals surface area contributed by atoms with Crippen LogP contribution in [0.25, 0.3) is 0 Å². The van der Waals surface area contributed by atoms with Gasteiger partial charge in [0.15, 0.2) is 0 Å². The van der Waals surface area contributed by atoms with E-state index in [1.54, 1.807) is 6.07 Å². The molecule has 3 nitrogen and oxygen atoms in total. The number of hydrogen-bond donors (Lipinski definition) is 1. The molecular formula is C19H22O3S. The molecule has 0 bridgehead atoms. The van der Waals surface area contributed by atoms with E-state index in [1.165, 1.54) is 18.1 Å². The fourth-order valence-electron chi connectivity index (χ4n) is 2.41. The summed E-state index contributed by atoms with van der Waals surface area (Å²) in [6.45, 7) is 7.90. The number of hydrogen-bond acceptors (Lipinski definition) is 4. The minimum absolute atomic E-state index is 0.336. The Morgan fingerprint density at radius 3 is 2.39 bits per heavy atom. The fourth-order valence-corrected chi connectivity index (χ4v) is 2.71. The largest absolute Gasteiger partial charge is 0.488 e. The molecule has 0 aliphatic heterocycles. The van der Waals surface area contributed by atoms with Crippen LogP contribution in [0, 0.1) is 20.8 Å². The Bertz CT molecular complexity index is 723. The Kier molecular flexibility index (Phi) is 5.72. The number of esters is 1. The molecule has 2 rings (SSSR count).